The minimum atomic E-state index is -0.139. The first-order chi connectivity index (χ1) is 10.2. The Morgan fingerprint density at radius 3 is 2.95 bits per heavy atom. The van der Waals surface area contributed by atoms with Crippen LogP contribution in [0.4, 0.5) is 5.69 Å². The Balaban J connectivity index is 1.96. The molecule has 1 aliphatic rings. The number of fused-ring (bicyclic) bond motifs is 1. The van der Waals surface area contributed by atoms with E-state index in [1.165, 1.54) is 0 Å². The van der Waals surface area contributed by atoms with Gasteiger partial charge in [-0.2, -0.15) is 0 Å². The molecule has 1 aliphatic heterocycles. The first kappa shape index (κ1) is 14.2. The summed E-state index contributed by atoms with van der Waals surface area (Å²) in [6.45, 7) is 2.89. The van der Waals surface area contributed by atoms with Crippen LogP contribution in [0.2, 0.25) is 0 Å². The molecule has 2 heterocycles. The third kappa shape index (κ3) is 2.96. The number of hydrogen-bond acceptors (Lipinski definition) is 4. The molecular formula is C15H15BrN2O3. The molecule has 3 rings (SSSR count). The van der Waals surface area contributed by atoms with Gasteiger partial charge in [0.15, 0.2) is 11.3 Å². The van der Waals surface area contributed by atoms with E-state index in [0.717, 1.165) is 17.9 Å². The molecule has 0 radical (unpaired) electrons. The number of furan rings is 1. The van der Waals surface area contributed by atoms with Gasteiger partial charge in [0, 0.05) is 0 Å². The van der Waals surface area contributed by atoms with E-state index in [-0.39, 0.29) is 18.6 Å². The van der Waals surface area contributed by atoms with Crippen molar-refractivity contribution in [2.45, 2.75) is 13.0 Å². The second-order valence-electron chi connectivity index (χ2n) is 4.73. The highest BCUT2D eigenvalue weighted by atomic mass is 79.9. The van der Waals surface area contributed by atoms with E-state index in [0.29, 0.717) is 16.1 Å². The zero-order valence-corrected chi connectivity index (χ0v) is 13.1. The van der Waals surface area contributed by atoms with E-state index in [2.05, 4.69) is 26.6 Å². The van der Waals surface area contributed by atoms with E-state index in [4.69, 9.17) is 9.15 Å². The number of amides is 1. The molecule has 1 unspecified atom stereocenters. The van der Waals surface area contributed by atoms with Crippen LogP contribution in [0.3, 0.4) is 0 Å². The van der Waals surface area contributed by atoms with Crippen molar-refractivity contribution >= 4 is 27.5 Å². The van der Waals surface area contributed by atoms with Crippen molar-refractivity contribution < 1.29 is 13.9 Å². The van der Waals surface area contributed by atoms with Gasteiger partial charge >= 0.3 is 0 Å². The van der Waals surface area contributed by atoms with Crippen LogP contribution in [0.1, 0.15) is 24.3 Å². The summed E-state index contributed by atoms with van der Waals surface area (Å²) in [5, 5.41) is 6.20. The van der Waals surface area contributed by atoms with Gasteiger partial charge in [-0.1, -0.05) is 13.0 Å². The number of hydrogen-bond donors (Lipinski definition) is 2. The molecular weight excluding hydrogens is 336 g/mol. The van der Waals surface area contributed by atoms with Crippen LogP contribution in [-0.4, -0.2) is 19.1 Å². The molecule has 0 saturated heterocycles. The van der Waals surface area contributed by atoms with Crippen LogP contribution >= 0.6 is 15.9 Å². The lowest BCUT2D eigenvalue weighted by molar-refractivity contribution is -0.118. The molecule has 1 amide bonds. The molecule has 0 spiro atoms. The summed E-state index contributed by atoms with van der Waals surface area (Å²) in [4.78, 5) is 11.4. The highest BCUT2D eigenvalue weighted by Crippen LogP contribution is 2.33. The van der Waals surface area contributed by atoms with Gasteiger partial charge in [-0.15, -0.1) is 0 Å². The Bertz CT molecular complexity index is 669. The molecule has 110 valence electrons. The fourth-order valence-corrected chi connectivity index (χ4v) is 2.67. The van der Waals surface area contributed by atoms with Gasteiger partial charge < -0.3 is 19.8 Å². The van der Waals surface area contributed by atoms with Crippen molar-refractivity contribution in [1.82, 2.24) is 5.32 Å². The first-order valence-corrected chi connectivity index (χ1v) is 7.52. The van der Waals surface area contributed by atoms with E-state index < -0.39 is 0 Å². The summed E-state index contributed by atoms with van der Waals surface area (Å²) < 4.78 is 11.7. The molecule has 6 heteroatoms. The average Bonchev–Trinajstić information content (AvgIpc) is 2.90. The molecule has 1 atom stereocenters. The lowest BCUT2D eigenvalue weighted by Gasteiger charge is -2.21. The second kappa shape index (κ2) is 5.91. The predicted octanol–water partition coefficient (Wildman–Crippen LogP) is 3.07. The smallest absolute Gasteiger partial charge is 0.262 e. The van der Waals surface area contributed by atoms with Crippen molar-refractivity contribution in [3.05, 3.63) is 46.3 Å². The first-order valence-electron chi connectivity index (χ1n) is 6.72. The lowest BCUT2D eigenvalue weighted by Crippen LogP contribution is -2.26. The van der Waals surface area contributed by atoms with Crippen molar-refractivity contribution in [2.24, 2.45) is 0 Å². The normalized spacial score (nSPS) is 15.0. The van der Waals surface area contributed by atoms with E-state index in [1.807, 2.05) is 37.3 Å². The number of carbonyl (C=O) groups excluding carboxylic acids is 1. The highest BCUT2D eigenvalue weighted by Gasteiger charge is 2.21. The third-order valence-electron chi connectivity index (χ3n) is 3.26. The Morgan fingerprint density at radius 1 is 1.38 bits per heavy atom. The van der Waals surface area contributed by atoms with E-state index in [1.54, 1.807) is 0 Å². The van der Waals surface area contributed by atoms with Gasteiger partial charge in [-0.3, -0.25) is 4.79 Å². The van der Waals surface area contributed by atoms with Crippen molar-refractivity contribution in [3.63, 3.8) is 0 Å². The van der Waals surface area contributed by atoms with Crippen LogP contribution in [0.5, 0.6) is 5.75 Å². The highest BCUT2D eigenvalue weighted by molar-refractivity contribution is 9.10. The van der Waals surface area contributed by atoms with Gasteiger partial charge in [-0.05, 0) is 52.3 Å². The van der Waals surface area contributed by atoms with Crippen molar-refractivity contribution in [1.29, 1.82) is 0 Å². The summed E-state index contributed by atoms with van der Waals surface area (Å²) in [6.07, 6.45) is 0. The van der Waals surface area contributed by atoms with Crippen molar-refractivity contribution in [2.75, 3.05) is 18.5 Å². The summed E-state index contributed by atoms with van der Waals surface area (Å²) in [6, 6.07) is 9.46. The van der Waals surface area contributed by atoms with E-state index in [9.17, 15) is 4.79 Å². The number of carbonyl (C=O) groups is 1. The van der Waals surface area contributed by atoms with Gasteiger partial charge in [-0.25, -0.2) is 0 Å². The number of rotatable bonds is 4. The summed E-state index contributed by atoms with van der Waals surface area (Å²) >= 11 is 3.32. The third-order valence-corrected chi connectivity index (χ3v) is 3.68. The topological polar surface area (TPSA) is 63.5 Å². The largest absolute Gasteiger partial charge is 0.482 e. The van der Waals surface area contributed by atoms with Crippen LogP contribution in [0, 0.1) is 0 Å². The lowest BCUT2D eigenvalue weighted by atomic mass is 10.0. The Kier molecular flexibility index (Phi) is 3.98. The van der Waals surface area contributed by atoms with Crippen LogP contribution in [0.25, 0.3) is 0 Å². The molecule has 1 aromatic heterocycles. The molecule has 0 fully saturated rings. The summed E-state index contributed by atoms with van der Waals surface area (Å²) in [5.41, 5.74) is 1.69. The molecule has 2 aromatic rings. The maximum absolute atomic E-state index is 11.4. The van der Waals surface area contributed by atoms with Gasteiger partial charge in [0.05, 0.1) is 11.7 Å². The fourth-order valence-electron chi connectivity index (χ4n) is 2.35. The molecule has 0 bridgehead atoms. The monoisotopic (exact) mass is 350 g/mol. The predicted molar refractivity (Wildman–Crippen MR) is 82.5 cm³/mol. The quantitative estimate of drug-likeness (QED) is 0.889. The molecule has 0 saturated carbocycles. The second-order valence-corrected chi connectivity index (χ2v) is 5.51. The fraction of sp³-hybridized carbons (Fsp3) is 0.267. The van der Waals surface area contributed by atoms with Gasteiger partial charge in [0.1, 0.15) is 11.5 Å². The molecule has 0 aliphatic carbocycles. The van der Waals surface area contributed by atoms with Gasteiger partial charge in [0.25, 0.3) is 5.91 Å². The zero-order chi connectivity index (χ0) is 14.8. The minimum Gasteiger partial charge on any atom is -0.482 e. The van der Waals surface area contributed by atoms with Crippen LogP contribution in [-0.2, 0) is 4.79 Å². The SMILES string of the molecule is CCNC(c1ccc2c(c1)NC(=O)CO2)c1ccc(Br)o1. The van der Waals surface area contributed by atoms with E-state index >= 15 is 0 Å². The Morgan fingerprint density at radius 2 is 2.24 bits per heavy atom. The zero-order valence-electron chi connectivity index (χ0n) is 11.5. The van der Waals surface area contributed by atoms with Crippen molar-refractivity contribution in [3.8, 4) is 5.75 Å². The molecule has 5 nitrogen and oxygen atoms in total. The maximum Gasteiger partial charge on any atom is 0.262 e. The summed E-state index contributed by atoms with van der Waals surface area (Å²) in [5.74, 6) is 1.36. The van der Waals surface area contributed by atoms with Gasteiger partial charge in [0.2, 0.25) is 0 Å². The number of halogens is 1. The Labute approximate surface area is 130 Å². The molecule has 1 aromatic carbocycles. The minimum absolute atomic E-state index is 0.0636. The molecule has 2 N–H and O–H groups in total. The maximum atomic E-state index is 11.4. The number of nitrogens with one attached hydrogen (secondary N) is 2. The van der Waals surface area contributed by atoms with Crippen LogP contribution in [0.15, 0.2) is 39.4 Å². The average molecular weight is 351 g/mol. The summed E-state index contributed by atoms with van der Waals surface area (Å²) in [7, 11) is 0. The number of benzene rings is 1. The Hall–Kier alpha value is -1.79. The molecule has 21 heavy (non-hydrogen) atoms. The van der Waals surface area contributed by atoms with Crippen LogP contribution < -0.4 is 15.4 Å². The number of anilines is 1. The number of ether oxygens (including phenoxy) is 1. The standard InChI is InChI=1S/C15H15BrN2O3/c1-2-17-15(12-5-6-13(16)21-12)9-3-4-11-10(7-9)18-14(19)8-20-11/h3-7,15,17H,2,8H2,1H3,(H,18,19).